The first-order chi connectivity index (χ1) is 18.3. The summed E-state index contributed by atoms with van der Waals surface area (Å²) in [4.78, 5) is 18.0. The molecule has 3 aromatic carbocycles. The van der Waals surface area contributed by atoms with E-state index in [0.717, 1.165) is 32.7 Å². The number of fused-ring (bicyclic) bond motifs is 1. The first-order valence-electron chi connectivity index (χ1n) is 12.3. The van der Waals surface area contributed by atoms with E-state index in [0.29, 0.717) is 43.3 Å². The number of nitrogens with zero attached hydrogens (tertiary/aromatic N) is 2. The lowest BCUT2D eigenvalue weighted by Crippen LogP contribution is -2.49. The molecule has 2 heterocycles. The van der Waals surface area contributed by atoms with Gasteiger partial charge in [-0.3, -0.25) is 9.69 Å². The summed E-state index contributed by atoms with van der Waals surface area (Å²) in [6.45, 7) is 3.39. The second-order valence-electron chi connectivity index (χ2n) is 9.29. The maximum absolute atomic E-state index is 13.1. The Morgan fingerprint density at radius 3 is 2.29 bits per heavy atom. The molecule has 1 fully saturated rings. The molecule has 0 aliphatic carbocycles. The lowest BCUT2D eigenvalue weighted by Gasteiger charge is -2.36. The Labute approximate surface area is 228 Å². The van der Waals surface area contributed by atoms with Crippen molar-refractivity contribution in [2.24, 2.45) is 0 Å². The highest BCUT2D eigenvalue weighted by molar-refractivity contribution is 7.20. The van der Waals surface area contributed by atoms with Crippen molar-refractivity contribution in [1.29, 1.82) is 0 Å². The first kappa shape index (κ1) is 26.7. The zero-order valence-electron chi connectivity index (χ0n) is 20.5. The number of ether oxygens (including phenoxy) is 1. The van der Waals surface area contributed by atoms with E-state index >= 15 is 0 Å². The van der Waals surface area contributed by atoms with Crippen molar-refractivity contribution in [1.82, 2.24) is 9.80 Å². The van der Waals surface area contributed by atoms with Crippen molar-refractivity contribution >= 4 is 38.9 Å². The molecule has 0 saturated carbocycles. The molecule has 0 bridgehead atoms. The zero-order chi connectivity index (χ0) is 26.7. The monoisotopic (exact) mass is 558 g/mol. The Bertz CT molecular complexity index is 1350. The lowest BCUT2D eigenvalue weighted by molar-refractivity contribution is -0.137. The summed E-state index contributed by atoms with van der Waals surface area (Å²) >= 11 is 7.59. The summed E-state index contributed by atoms with van der Waals surface area (Å²) < 4.78 is 46.0. The van der Waals surface area contributed by atoms with Gasteiger partial charge in [-0.2, -0.15) is 13.2 Å². The van der Waals surface area contributed by atoms with Crippen LogP contribution in [0.25, 0.3) is 10.1 Å². The molecule has 198 valence electrons. The van der Waals surface area contributed by atoms with E-state index in [4.69, 9.17) is 16.3 Å². The molecular weight excluding hydrogens is 533 g/mol. The van der Waals surface area contributed by atoms with Crippen molar-refractivity contribution < 1.29 is 22.7 Å². The maximum Gasteiger partial charge on any atom is 0.416 e. The minimum Gasteiger partial charge on any atom is -0.368 e. The predicted molar refractivity (Wildman–Crippen MR) is 145 cm³/mol. The molecule has 1 amide bonds. The van der Waals surface area contributed by atoms with Crippen LogP contribution < -0.4 is 0 Å². The van der Waals surface area contributed by atoms with E-state index < -0.39 is 11.7 Å². The van der Waals surface area contributed by atoms with Crippen LogP contribution in [0.5, 0.6) is 0 Å². The molecular formula is C29H26ClF3N2O2S. The average molecular weight is 559 g/mol. The molecule has 0 unspecified atom stereocenters. The van der Waals surface area contributed by atoms with Gasteiger partial charge in [0.15, 0.2) is 0 Å². The van der Waals surface area contributed by atoms with Crippen LogP contribution in [0.2, 0.25) is 5.02 Å². The van der Waals surface area contributed by atoms with Crippen LogP contribution in [-0.2, 0) is 17.5 Å². The third kappa shape index (κ3) is 6.38. The number of alkyl halides is 3. The minimum absolute atomic E-state index is 0.0543. The third-order valence-corrected chi connectivity index (χ3v) is 8.05. The van der Waals surface area contributed by atoms with Crippen LogP contribution in [0.15, 0.2) is 78.9 Å². The number of carbonyl (C=O) groups excluding carboxylic acids is 1. The predicted octanol–water partition coefficient (Wildman–Crippen LogP) is 7.29. The van der Waals surface area contributed by atoms with Gasteiger partial charge in [0.1, 0.15) is 0 Å². The highest BCUT2D eigenvalue weighted by Crippen LogP contribution is 2.30. The number of amides is 1. The van der Waals surface area contributed by atoms with Gasteiger partial charge in [0, 0.05) is 42.4 Å². The molecule has 1 saturated heterocycles. The van der Waals surface area contributed by atoms with Crippen LogP contribution in [0, 0.1) is 0 Å². The molecule has 1 aromatic heterocycles. The van der Waals surface area contributed by atoms with Gasteiger partial charge in [-0.1, -0.05) is 54.1 Å². The number of rotatable bonds is 7. The van der Waals surface area contributed by atoms with Gasteiger partial charge in [-0.25, -0.2) is 0 Å². The Kier molecular flexibility index (Phi) is 8.04. The Morgan fingerprint density at radius 1 is 0.947 bits per heavy atom. The number of thiophene rings is 1. The van der Waals surface area contributed by atoms with Crippen molar-refractivity contribution in [3.05, 3.63) is 105 Å². The standard InChI is InChI=1S/C29H26ClF3N2O2S/c30-24-11-7-21(8-12-24)25(37-19-20-5-9-23(10-6-20)29(31,32)33)18-34-13-15-35(16-14-34)28(36)27-17-22-3-1-2-4-26(22)38-27/h1-12,17,25H,13-16,18-19H2/t25-/m0/s1. The molecule has 5 rings (SSSR count). The van der Waals surface area contributed by atoms with Gasteiger partial charge < -0.3 is 9.64 Å². The smallest absolute Gasteiger partial charge is 0.368 e. The van der Waals surface area contributed by atoms with Gasteiger partial charge in [-0.15, -0.1) is 11.3 Å². The molecule has 0 spiro atoms. The second-order valence-corrected chi connectivity index (χ2v) is 10.8. The van der Waals surface area contributed by atoms with Crippen molar-refractivity contribution in [3.8, 4) is 0 Å². The van der Waals surface area contributed by atoms with Gasteiger partial charge in [0.05, 0.1) is 23.2 Å². The summed E-state index contributed by atoms with van der Waals surface area (Å²) in [5.74, 6) is 0.0543. The molecule has 0 N–H and O–H groups in total. The Morgan fingerprint density at radius 2 is 1.63 bits per heavy atom. The highest BCUT2D eigenvalue weighted by atomic mass is 35.5. The van der Waals surface area contributed by atoms with Crippen LogP contribution in [-0.4, -0.2) is 48.4 Å². The quantitative estimate of drug-likeness (QED) is 0.239. The molecule has 4 aromatic rings. The summed E-state index contributed by atoms with van der Waals surface area (Å²) in [5.41, 5.74) is 0.916. The number of halogens is 4. The Balaban J connectivity index is 1.21. The molecule has 1 aliphatic heterocycles. The van der Waals surface area contributed by atoms with Crippen LogP contribution in [0.1, 0.15) is 32.5 Å². The topological polar surface area (TPSA) is 32.8 Å². The van der Waals surface area contributed by atoms with E-state index in [1.54, 1.807) is 12.1 Å². The van der Waals surface area contributed by atoms with Crippen LogP contribution >= 0.6 is 22.9 Å². The van der Waals surface area contributed by atoms with Gasteiger partial charge in [0.25, 0.3) is 5.91 Å². The van der Waals surface area contributed by atoms with Crippen molar-refractivity contribution in [2.75, 3.05) is 32.7 Å². The fourth-order valence-electron chi connectivity index (χ4n) is 4.53. The number of hydrogen-bond acceptors (Lipinski definition) is 4. The van der Waals surface area contributed by atoms with E-state index in [1.807, 2.05) is 47.4 Å². The first-order valence-corrected chi connectivity index (χ1v) is 13.5. The Hall–Kier alpha value is -2.91. The largest absolute Gasteiger partial charge is 0.416 e. The molecule has 9 heteroatoms. The minimum atomic E-state index is -4.37. The van der Waals surface area contributed by atoms with E-state index in [1.165, 1.54) is 23.5 Å². The number of hydrogen-bond donors (Lipinski definition) is 0. The highest BCUT2D eigenvalue weighted by Gasteiger charge is 2.30. The normalized spacial score (nSPS) is 15.6. The molecule has 4 nitrogen and oxygen atoms in total. The average Bonchev–Trinajstić information content (AvgIpc) is 3.36. The van der Waals surface area contributed by atoms with Gasteiger partial charge in [0.2, 0.25) is 0 Å². The number of piperazine rings is 1. The summed E-state index contributed by atoms with van der Waals surface area (Å²) in [5, 5.41) is 1.69. The van der Waals surface area contributed by atoms with E-state index in [2.05, 4.69) is 4.90 Å². The van der Waals surface area contributed by atoms with Crippen molar-refractivity contribution in [3.63, 3.8) is 0 Å². The molecule has 1 atom stereocenters. The van der Waals surface area contributed by atoms with E-state index in [9.17, 15) is 18.0 Å². The van der Waals surface area contributed by atoms with Gasteiger partial charge >= 0.3 is 6.18 Å². The molecule has 1 aliphatic rings. The summed E-state index contributed by atoms with van der Waals surface area (Å²) in [6.07, 6.45) is -4.68. The van der Waals surface area contributed by atoms with Gasteiger partial charge in [-0.05, 0) is 52.9 Å². The second kappa shape index (κ2) is 11.5. The molecule has 0 radical (unpaired) electrons. The number of benzene rings is 3. The fraction of sp³-hybridized carbons (Fsp3) is 0.276. The fourth-order valence-corrected chi connectivity index (χ4v) is 5.69. The maximum atomic E-state index is 13.1. The van der Waals surface area contributed by atoms with E-state index in [-0.39, 0.29) is 18.6 Å². The van der Waals surface area contributed by atoms with Crippen LogP contribution in [0.4, 0.5) is 13.2 Å². The molecule has 38 heavy (non-hydrogen) atoms. The number of carbonyl (C=O) groups is 1. The van der Waals surface area contributed by atoms with Crippen LogP contribution in [0.3, 0.4) is 0 Å². The summed E-state index contributed by atoms with van der Waals surface area (Å²) in [6, 6.07) is 22.4. The SMILES string of the molecule is O=C(c1cc2ccccc2s1)N1CCN(C[C@H](OCc2ccc(C(F)(F)F)cc2)c2ccc(Cl)cc2)CC1. The lowest BCUT2D eigenvalue weighted by atomic mass is 10.1. The third-order valence-electron chi connectivity index (χ3n) is 6.69. The van der Waals surface area contributed by atoms with Crippen molar-refractivity contribution in [2.45, 2.75) is 18.9 Å². The zero-order valence-corrected chi connectivity index (χ0v) is 22.0. The summed E-state index contributed by atoms with van der Waals surface area (Å²) in [7, 11) is 0.